The Hall–Kier alpha value is -2.67. The summed E-state index contributed by atoms with van der Waals surface area (Å²) in [4.78, 5) is 16.3. The van der Waals surface area contributed by atoms with Crippen LogP contribution in [0.3, 0.4) is 0 Å². The summed E-state index contributed by atoms with van der Waals surface area (Å²) in [6, 6.07) is 6.60. The molecule has 1 spiro atoms. The molecular weight excluding hydrogens is 391 g/mol. The molecule has 1 aromatic heterocycles. The Morgan fingerprint density at radius 3 is 2.57 bits per heavy atom. The van der Waals surface area contributed by atoms with Crippen molar-refractivity contribution < 1.29 is 18.0 Å². The Bertz CT molecular complexity index is 992. The minimum absolute atomic E-state index is 0.0531. The lowest BCUT2D eigenvalue weighted by Crippen LogP contribution is -2.55. The van der Waals surface area contributed by atoms with Crippen LogP contribution in [0, 0.1) is 18.3 Å². The Morgan fingerprint density at radius 1 is 1.36 bits per heavy atom. The van der Waals surface area contributed by atoms with Crippen molar-refractivity contribution in [2.45, 2.75) is 43.4 Å². The van der Waals surface area contributed by atoms with Gasteiger partial charge in [0.15, 0.2) is 11.3 Å². The number of nitrogens with one attached hydrogen (secondary N) is 1. The molecule has 1 aliphatic carbocycles. The zero-order valence-corrected chi connectivity index (χ0v) is 15.7. The minimum atomic E-state index is -4.71. The summed E-state index contributed by atoms with van der Waals surface area (Å²) in [7, 11) is 0. The van der Waals surface area contributed by atoms with Gasteiger partial charge < -0.3 is 4.90 Å². The summed E-state index contributed by atoms with van der Waals surface area (Å²) in [5.74, 6) is 0.218. The van der Waals surface area contributed by atoms with Crippen LogP contribution in [0.25, 0.3) is 0 Å². The third-order valence-electron chi connectivity index (χ3n) is 5.37. The topological polar surface area (TPSA) is 76.0 Å². The second kappa shape index (κ2) is 6.17. The van der Waals surface area contributed by atoms with Crippen LogP contribution in [0.4, 0.5) is 24.7 Å². The van der Waals surface area contributed by atoms with E-state index in [1.165, 1.54) is 11.0 Å². The van der Waals surface area contributed by atoms with E-state index in [2.05, 4.69) is 22.8 Å². The number of nitriles is 1. The molecule has 0 radical (unpaired) electrons. The van der Waals surface area contributed by atoms with Gasteiger partial charge in [-0.3, -0.25) is 14.8 Å². The lowest BCUT2D eigenvalue weighted by Gasteiger charge is -2.43. The normalized spacial score (nSPS) is 21.1. The molecule has 2 aromatic rings. The zero-order valence-electron chi connectivity index (χ0n) is 14.8. The number of aromatic amines is 1. The predicted molar refractivity (Wildman–Crippen MR) is 98.8 cm³/mol. The minimum Gasteiger partial charge on any atom is -0.311 e. The number of hydrogen-bond donors (Lipinski definition) is 2. The summed E-state index contributed by atoms with van der Waals surface area (Å²) in [5, 5.41) is 16.0. The molecule has 2 aliphatic rings. The van der Waals surface area contributed by atoms with E-state index in [9.17, 15) is 18.0 Å². The highest BCUT2D eigenvalue weighted by Gasteiger charge is 2.60. The molecule has 1 atom stereocenters. The Balaban J connectivity index is 1.81. The number of alkyl halides is 3. The first-order valence-electron chi connectivity index (χ1n) is 8.63. The van der Waals surface area contributed by atoms with Crippen LogP contribution in [0.2, 0.25) is 0 Å². The fourth-order valence-electron chi connectivity index (χ4n) is 3.86. The summed E-state index contributed by atoms with van der Waals surface area (Å²) in [5.41, 5.74) is -2.38. The van der Waals surface area contributed by atoms with Gasteiger partial charge in [-0.2, -0.15) is 23.5 Å². The van der Waals surface area contributed by atoms with Crippen LogP contribution >= 0.6 is 12.6 Å². The van der Waals surface area contributed by atoms with E-state index in [1.54, 1.807) is 17.0 Å². The van der Waals surface area contributed by atoms with Crippen LogP contribution in [-0.2, 0) is 11.0 Å². The van der Waals surface area contributed by atoms with Crippen molar-refractivity contribution >= 4 is 30.0 Å². The van der Waals surface area contributed by atoms with E-state index in [4.69, 9.17) is 5.26 Å². The number of hydrogen-bond acceptors (Lipinski definition) is 5. The number of anilines is 2. The van der Waals surface area contributed by atoms with Crippen molar-refractivity contribution in [3.05, 3.63) is 41.1 Å². The van der Waals surface area contributed by atoms with Gasteiger partial charge in [-0.25, -0.2) is 0 Å². The average Bonchev–Trinajstić information content (AvgIpc) is 3.11. The maximum atomic E-state index is 13.4. The fourth-order valence-corrected chi connectivity index (χ4v) is 4.44. The molecule has 146 valence electrons. The van der Waals surface area contributed by atoms with E-state index in [-0.39, 0.29) is 11.6 Å². The van der Waals surface area contributed by atoms with Crippen molar-refractivity contribution in [3.8, 4) is 6.07 Å². The highest BCUT2D eigenvalue weighted by molar-refractivity contribution is 7.81. The molecule has 0 bridgehead atoms. The van der Waals surface area contributed by atoms with Gasteiger partial charge in [0, 0.05) is 17.4 Å². The number of benzene rings is 1. The number of nitrogens with zero attached hydrogens (tertiary/aromatic N) is 4. The third-order valence-corrected chi connectivity index (χ3v) is 5.83. The molecule has 10 heteroatoms. The number of aryl methyl sites for hydroxylation is 1. The van der Waals surface area contributed by atoms with Crippen molar-refractivity contribution in [1.82, 2.24) is 10.2 Å². The number of carbonyl (C=O) groups is 1. The fraction of sp³-hybridized carbons (Fsp3) is 0.389. The Morgan fingerprint density at radius 2 is 2.07 bits per heavy atom. The van der Waals surface area contributed by atoms with Crippen LogP contribution in [0.1, 0.15) is 36.1 Å². The molecular formula is C18H16F3N5OS. The molecule has 1 saturated heterocycles. The van der Waals surface area contributed by atoms with Crippen molar-refractivity contribution in [3.63, 3.8) is 0 Å². The van der Waals surface area contributed by atoms with Gasteiger partial charge in [0.1, 0.15) is 5.54 Å². The lowest BCUT2D eigenvalue weighted by molar-refractivity contribution is -0.137. The quantitative estimate of drug-likeness (QED) is 0.746. The molecule has 2 heterocycles. The maximum Gasteiger partial charge on any atom is 0.417 e. The van der Waals surface area contributed by atoms with Gasteiger partial charge in [0.05, 0.1) is 17.2 Å². The van der Waals surface area contributed by atoms with Gasteiger partial charge in [-0.1, -0.05) is 0 Å². The summed E-state index contributed by atoms with van der Waals surface area (Å²) < 4.78 is 40.1. The lowest BCUT2D eigenvalue weighted by atomic mass is 9.75. The highest BCUT2D eigenvalue weighted by atomic mass is 32.1. The molecule has 6 nitrogen and oxygen atoms in total. The van der Waals surface area contributed by atoms with Crippen molar-refractivity contribution in [2.24, 2.45) is 0 Å². The molecule has 1 amide bonds. The number of thiol groups is 1. The van der Waals surface area contributed by atoms with E-state index in [0.717, 1.165) is 24.2 Å². The van der Waals surface area contributed by atoms with Gasteiger partial charge in [-0.15, -0.1) is 12.6 Å². The smallest absolute Gasteiger partial charge is 0.311 e. The monoisotopic (exact) mass is 407 g/mol. The number of amides is 1. The summed E-state index contributed by atoms with van der Waals surface area (Å²) >= 11 is 4.56. The first-order chi connectivity index (χ1) is 13.2. The predicted octanol–water partition coefficient (Wildman–Crippen LogP) is 3.60. The molecule has 1 aromatic carbocycles. The molecule has 2 fully saturated rings. The van der Waals surface area contributed by atoms with Crippen LogP contribution in [-0.4, -0.2) is 27.1 Å². The standard InChI is InChI=1S/C18H16F3N5OS/c1-10-7-14(24-23-10)26-16(28)25(15(27)17(26)5-2-6-17)12-4-3-11(9-22)13(8-12)18(19,20)21/h3-4,7-8,16,28H,2,5-6H2,1H3,(H,23,24). The average molecular weight is 407 g/mol. The van der Waals surface area contributed by atoms with Crippen molar-refractivity contribution in [2.75, 3.05) is 9.80 Å². The Labute approximate surface area is 164 Å². The summed E-state index contributed by atoms with van der Waals surface area (Å²) in [6.07, 6.45) is -2.72. The van der Waals surface area contributed by atoms with Gasteiger partial charge in [-0.05, 0) is 44.4 Å². The van der Waals surface area contributed by atoms with Gasteiger partial charge >= 0.3 is 6.18 Å². The number of carbonyl (C=O) groups excluding carboxylic acids is 1. The van der Waals surface area contributed by atoms with Gasteiger partial charge in [0.25, 0.3) is 5.91 Å². The molecule has 28 heavy (non-hydrogen) atoms. The van der Waals surface area contributed by atoms with E-state index >= 15 is 0 Å². The number of H-pyrrole nitrogens is 1. The van der Waals surface area contributed by atoms with Crippen LogP contribution < -0.4 is 9.80 Å². The molecule has 1 unspecified atom stereocenters. The first-order valence-corrected chi connectivity index (χ1v) is 9.15. The van der Waals surface area contributed by atoms with Gasteiger partial charge in [0.2, 0.25) is 0 Å². The van der Waals surface area contributed by atoms with E-state index in [1.807, 2.05) is 6.92 Å². The number of rotatable bonds is 2. The summed E-state index contributed by atoms with van der Waals surface area (Å²) in [6.45, 7) is 1.82. The second-order valence-electron chi connectivity index (χ2n) is 7.03. The SMILES string of the molecule is Cc1cc(N2C(S)N(c3ccc(C#N)c(C(F)(F)F)c3)C(=O)C23CCC3)n[nH]1. The molecule has 4 rings (SSSR count). The molecule has 1 aliphatic heterocycles. The Kier molecular flexibility index (Phi) is 4.12. The van der Waals surface area contributed by atoms with E-state index in [0.29, 0.717) is 18.7 Å². The zero-order chi connectivity index (χ0) is 20.3. The third kappa shape index (κ3) is 2.57. The van der Waals surface area contributed by atoms with Crippen LogP contribution in [0.5, 0.6) is 0 Å². The molecule has 1 N–H and O–H groups in total. The van der Waals surface area contributed by atoms with E-state index < -0.39 is 28.3 Å². The largest absolute Gasteiger partial charge is 0.417 e. The molecule has 1 saturated carbocycles. The highest BCUT2D eigenvalue weighted by Crippen LogP contribution is 2.50. The maximum absolute atomic E-state index is 13.4. The number of aromatic nitrogens is 2. The first kappa shape index (κ1) is 18.7. The second-order valence-corrected chi connectivity index (χ2v) is 7.49. The van der Waals surface area contributed by atoms with Crippen molar-refractivity contribution in [1.29, 1.82) is 5.26 Å². The number of halogens is 3. The van der Waals surface area contributed by atoms with Crippen LogP contribution in [0.15, 0.2) is 24.3 Å².